The standard InChI is InChI=1S/C18H29N5O/c1-13-11-23(12-14(2)24-13)17-7-6-16(9-20-17)10-22-18(19)21-8-15-4-3-5-15/h6-7,9,13-15H,3-5,8,10-12H2,1-2H3,(H3,19,21,22). The Hall–Kier alpha value is -1.82. The number of nitrogens with two attached hydrogens (primary N) is 1. The number of rotatable bonds is 5. The molecule has 2 unspecified atom stereocenters. The molecule has 2 fully saturated rings. The Balaban J connectivity index is 1.50. The van der Waals surface area contributed by atoms with Crippen LogP contribution in [-0.2, 0) is 11.3 Å². The van der Waals surface area contributed by atoms with E-state index >= 15 is 0 Å². The minimum Gasteiger partial charge on any atom is -0.372 e. The minimum atomic E-state index is 0.237. The summed E-state index contributed by atoms with van der Waals surface area (Å²) in [4.78, 5) is 11.3. The molecule has 0 bridgehead atoms. The maximum absolute atomic E-state index is 5.92. The van der Waals surface area contributed by atoms with Crippen molar-refractivity contribution >= 4 is 11.8 Å². The monoisotopic (exact) mass is 331 g/mol. The lowest BCUT2D eigenvalue weighted by Gasteiger charge is -2.36. The van der Waals surface area contributed by atoms with Crippen molar-refractivity contribution in [1.82, 2.24) is 10.3 Å². The zero-order valence-electron chi connectivity index (χ0n) is 14.7. The van der Waals surface area contributed by atoms with Crippen molar-refractivity contribution in [3.63, 3.8) is 0 Å². The number of guanidine groups is 1. The Morgan fingerprint density at radius 3 is 2.67 bits per heavy atom. The molecule has 3 N–H and O–H groups in total. The molecule has 0 aromatic carbocycles. The lowest BCUT2D eigenvalue weighted by Crippen LogP contribution is -2.45. The first-order chi connectivity index (χ1) is 11.6. The number of ether oxygens (including phenoxy) is 1. The first-order valence-electron chi connectivity index (χ1n) is 8.99. The Bertz CT molecular complexity index is 545. The van der Waals surface area contributed by atoms with Crippen LogP contribution in [0.3, 0.4) is 0 Å². The third kappa shape index (κ3) is 4.60. The van der Waals surface area contributed by atoms with E-state index in [0.29, 0.717) is 12.5 Å². The van der Waals surface area contributed by atoms with E-state index in [2.05, 4.69) is 46.2 Å². The molecule has 24 heavy (non-hydrogen) atoms. The van der Waals surface area contributed by atoms with E-state index in [1.54, 1.807) is 0 Å². The lowest BCUT2D eigenvalue weighted by molar-refractivity contribution is -0.00545. The van der Waals surface area contributed by atoms with Gasteiger partial charge < -0.3 is 20.7 Å². The summed E-state index contributed by atoms with van der Waals surface area (Å²) in [6.07, 6.45) is 6.34. The van der Waals surface area contributed by atoms with Crippen LogP contribution in [0.1, 0.15) is 38.7 Å². The predicted octanol–water partition coefficient (Wildman–Crippen LogP) is 1.90. The number of hydrogen-bond donors (Lipinski definition) is 2. The molecule has 0 amide bonds. The average Bonchev–Trinajstić information content (AvgIpc) is 2.51. The topological polar surface area (TPSA) is 75.8 Å². The molecule has 1 aromatic heterocycles. The summed E-state index contributed by atoms with van der Waals surface area (Å²) in [5, 5.41) is 3.21. The van der Waals surface area contributed by atoms with Gasteiger partial charge in [-0.3, -0.25) is 0 Å². The molecule has 2 heterocycles. The molecule has 6 nitrogen and oxygen atoms in total. The van der Waals surface area contributed by atoms with Gasteiger partial charge in [-0.25, -0.2) is 9.98 Å². The van der Waals surface area contributed by atoms with Gasteiger partial charge in [-0.15, -0.1) is 0 Å². The molecule has 1 aliphatic heterocycles. The Kier molecular flexibility index (Phi) is 5.56. The zero-order valence-corrected chi connectivity index (χ0v) is 14.7. The number of hydrogen-bond acceptors (Lipinski definition) is 4. The minimum absolute atomic E-state index is 0.237. The SMILES string of the molecule is CC1CN(c2ccc(CN=C(N)NCC3CCC3)cn2)CC(C)O1. The molecule has 3 rings (SSSR count). The molecule has 1 saturated carbocycles. The van der Waals surface area contributed by atoms with Crippen molar-refractivity contribution < 1.29 is 4.74 Å². The number of aliphatic imine (C=N–C) groups is 1. The molecular weight excluding hydrogens is 302 g/mol. The average molecular weight is 331 g/mol. The van der Waals surface area contributed by atoms with Crippen LogP contribution in [0.25, 0.3) is 0 Å². The quantitative estimate of drug-likeness (QED) is 0.637. The van der Waals surface area contributed by atoms with Crippen molar-refractivity contribution in [2.45, 2.75) is 51.9 Å². The number of morpholine rings is 1. The Morgan fingerprint density at radius 2 is 2.08 bits per heavy atom. The van der Waals surface area contributed by atoms with Gasteiger partial charge in [0.2, 0.25) is 0 Å². The van der Waals surface area contributed by atoms with E-state index in [1.807, 2.05) is 6.20 Å². The predicted molar refractivity (Wildman–Crippen MR) is 97.1 cm³/mol. The normalized spacial score (nSPS) is 25.4. The summed E-state index contributed by atoms with van der Waals surface area (Å²) in [6, 6.07) is 4.14. The molecule has 6 heteroatoms. The van der Waals surface area contributed by atoms with Gasteiger partial charge >= 0.3 is 0 Å². The second-order valence-corrected chi connectivity index (χ2v) is 7.07. The van der Waals surface area contributed by atoms with Crippen molar-refractivity contribution in [2.24, 2.45) is 16.6 Å². The van der Waals surface area contributed by atoms with E-state index in [9.17, 15) is 0 Å². The van der Waals surface area contributed by atoms with E-state index in [4.69, 9.17) is 10.5 Å². The van der Waals surface area contributed by atoms with Crippen LogP contribution in [0.4, 0.5) is 5.82 Å². The number of nitrogens with zero attached hydrogens (tertiary/aromatic N) is 3. The highest BCUT2D eigenvalue weighted by Crippen LogP contribution is 2.25. The third-order valence-corrected chi connectivity index (χ3v) is 4.78. The van der Waals surface area contributed by atoms with Crippen molar-refractivity contribution in [3.8, 4) is 0 Å². The highest BCUT2D eigenvalue weighted by Gasteiger charge is 2.23. The van der Waals surface area contributed by atoms with Gasteiger partial charge in [0.15, 0.2) is 5.96 Å². The smallest absolute Gasteiger partial charge is 0.188 e. The van der Waals surface area contributed by atoms with E-state index < -0.39 is 0 Å². The largest absolute Gasteiger partial charge is 0.372 e. The number of anilines is 1. The maximum atomic E-state index is 5.92. The fraction of sp³-hybridized carbons (Fsp3) is 0.667. The molecule has 1 aliphatic carbocycles. The number of aromatic nitrogens is 1. The number of nitrogens with one attached hydrogen (secondary N) is 1. The van der Waals surface area contributed by atoms with Gasteiger partial charge in [0, 0.05) is 25.8 Å². The van der Waals surface area contributed by atoms with E-state index in [-0.39, 0.29) is 12.2 Å². The summed E-state index contributed by atoms with van der Waals surface area (Å²) in [5.41, 5.74) is 6.99. The van der Waals surface area contributed by atoms with Crippen LogP contribution < -0.4 is 16.0 Å². The van der Waals surface area contributed by atoms with Gasteiger partial charge in [-0.1, -0.05) is 12.5 Å². The summed E-state index contributed by atoms with van der Waals surface area (Å²) < 4.78 is 5.77. The van der Waals surface area contributed by atoms with E-state index in [1.165, 1.54) is 19.3 Å². The first-order valence-corrected chi connectivity index (χ1v) is 8.99. The van der Waals surface area contributed by atoms with Gasteiger partial charge in [0.25, 0.3) is 0 Å². The highest BCUT2D eigenvalue weighted by molar-refractivity contribution is 5.77. The van der Waals surface area contributed by atoms with Gasteiger partial charge in [0.05, 0.1) is 18.8 Å². The number of pyridine rings is 1. The molecular formula is C18H29N5O. The fourth-order valence-electron chi connectivity index (χ4n) is 3.24. The summed E-state index contributed by atoms with van der Waals surface area (Å²) in [5.74, 6) is 2.31. The molecule has 1 saturated heterocycles. The maximum Gasteiger partial charge on any atom is 0.188 e. The zero-order chi connectivity index (χ0) is 16.9. The summed E-state index contributed by atoms with van der Waals surface area (Å²) in [6.45, 7) is 7.47. The fourth-order valence-corrected chi connectivity index (χ4v) is 3.24. The molecule has 0 radical (unpaired) electrons. The summed E-state index contributed by atoms with van der Waals surface area (Å²) in [7, 11) is 0. The van der Waals surface area contributed by atoms with Gasteiger partial charge in [0.1, 0.15) is 5.82 Å². The highest BCUT2D eigenvalue weighted by atomic mass is 16.5. The van der Waals surface area contributed by atoms with Crippen LogP contribution in [0.2, 0.25) is 0 Å². The second-order valence-electron chi connectivity index (χ2n) is 7.07. The van der Waals surface area contributed by atoms with Crippen LogP contribution in [0, 0.1) is 5.92 Å². The Morgan fingerprint density at radius 1 is 1.33 bits per heavy atom. The third-order valence-electron chi connectivity index (χ3n) is 4.78. The van der Waals surface area contributed by atoms with Crippen molar-refractivity contribution in [1.29, 1.82) is 0 Å². The van der Waals surface area contributed by atoms with Crippen LogP contribution in [0.15, 0.2) is 23.3 Å². The van der Waals surface area contributed by atoms with Crippen LogP contribution >= 0.6 is 0 Å². The van der Waals surface area contributed by atoms with Gasteiger partial charge in [-0.2, -0.15) is 0 Å². The first kappa shape index (κ1) is 17.0. The van der Waals surface area contributed by atoms with Gasteiger partial charge in [-0.05, 0) is 44.2 Å². The van der Waals surface area contributed by atoms with Crippen molar-refractivity contribution in [2.75, 3.05) is 24.5 Å². The molecule has 132 valence electrons. The Labute approximate surface area is 144 Å². The van der Waals surface area contributed by atoms with E-state index in [0.717, 1.165) is 36.9 Å². The molecule has 2 atom stereocenters. The lowest BCUT2D eigenvalue weighted by atomic mass is 9.85. The van der Waals surface area contributed by atoms with Crippen molar-refractivity contribution in [3.05, 3.63) is 23.9 Å². The molecule has 0 spiro atoms. The van der Waals surface area contributed by atoms with Crippen LogP contribution in [-0.4, -0.2) is 42.8 Å². The second kappa shape index (κ2) is 7.83. The summed E-state index contributed by atoms with van der Waals surface area (Å²) >= 11 is 0. The van der Waals surface area contributed by atoms with Crippen LogP contribution in [0.5, 0.6) is 0 Å². The molecule has 1 aromatic rings. The molecule has 2 aliphatic rings.